The van der Waals surface area contributed by atoms with Crippen molar-refractivity contribution in [3.63, 3.8) is 0 Å². The summed E-state index contributed by atoms with van der Waals surface area (Å²) in [5, 5.41) is 4.09. The Morgan fingerprint density at radius 1 is 1.07 bits per heavy atom. The molecular weight excluding hydrogens is 385 g/mol. The zero-order valence-corrected chi connectivity index (χ0v) is 16.9. The van der Waals surface area contributed by atoms with E-state index in [4.69, 9.17) is 4.74 Å². The number of amides is 1. The van der Waals surface area contributed by atoms with E-state index in [9.17, 15) is 9.18 Å². The van der Waals surface area contributed by atoms with Crippen molar-refractivity contribution in [1.29, 1.82) is 0 Å². The highest BCUT2D eigenvalue weighted by molar-refractivity contribution is 7.16. The van der Waals surface area contributed by atoms with E-state index in [0.717, 1.165) is 29.2 Å². The average Bonchev–Trinajstić information content (AvgIpc) is 3.11. The zero-order chi connectivity index (χ0) is 19.8. The van der Waals surface area contributed by atoms with Gasteiger partial charge in [-0.3, -0.25) is 4.79 Å². The Labute approximate surface area is 173 Å². The van der Waals surface area contributed by atoms with E-state index in [2.05, 4.69) is 5.32 Å². The van der Waals surface area contributed by atoms with Crippen molar-refractivity contribution >= 4 is 22.2 Å². The quantitative estimate of drug-likeness (QED) is 0.592. The van der Waals surface area contributed by atoms with Crippen LogP contribution in [0.15, 0.2) is 48.5 Å². The standard InChI is InChI=1S/C24H22FNO2S/c25-19-10-4-1-7-15(19)14-28-20-11-5-2-8-16(20)18-13-22(27)26-24-23(18)17-9-3-6-12-21(17)29-24/h1-2,4-5,7-8,10-11,18H,3,6,9,12-14H2,(H,26,27)/t18-/m1/s1. The Balaban J connectivity index is 1.51. The van der Waals surface area contributed by atoms with Crippen molar-refractivity contribution in [3.05, 3.63) is 81.5 Å². The van der Waals surface area contributed by atoms with Gasteiger partial charge in [-0.25, -0.2) is 4.39 Å². The summed E-state index contributed by atoms with van der Waals surface area (Å²) in [5.74, 6) is 0.479. The van der Waals surface area contributed by atoms with Crippen LogP contribution in [0.25, 0.3) is 0 Å². The summed E-state index contributed by atoms with van der Waals surface area (Å²) in [6.45, 7) is 0.164. The molecule has 0 saturated heterocycles. The number of fused-ring (bicyclic) bond motifs is 3. The number of benzene rings is 2. The molecule has 2 aromatic carbocycles. The Morgan fingerprint density at radius 2 is 1.86 bits per heavy atom. The van der Waals surface area contributed by atoms with E-state index in [1.165, 1.54) is 34.9 Å². The molecule has 1 aliphatic heterocycles. The Kier molecular flexibility index (Phi) is 4.84. The maximum atomic E-state index is 14.0. The Hall–Kier alpha value is -2.66. The number of thiophene rings is 1. The molecular formula is C24H22FNO2S. The molecule has 1 aliphatic carbocycles. The van der Waals surface area contributed by atoms with Crippen LogP contribution in [0, 0.1) is 5.82 Å². The van der Waals surface area contributed by atoms with Crippen LogP contribution in [-0.4, -0.2) is 5.91 Å². The minimum Gasteiger partial charge on any atom is -0.488 e. The topological polar surface area (TPSA) is 38.3 Å². The van der Waals surface area contributed by atoms with Crippen molar-refractivity contribution < 1.29 is 13.9 Å². The van der Waals surface area contributed by atoms with Gasteiger partial charge in [0, 0.05) is 28.3 Å². The smallest absolute Gasteiger partial charge is 0.225 e. The van der Waals surface area contributed by atoms with Gasteiger partial charge in [-0.2, -0.15) is 0 Å². The fourth-order valence-electron chi connectivity index (χ4n) is 4.45. The first-order valence-electron chi connectivity index (χ1n) is 10.1. The van der Waals surface area contributed by atoms with Gasteiger partial charge >= 0.3 is 0 Å². The largest absolute Gasteiger partial charge is 0.488 e. The van der Waals surface area contributed by atoms with Crippen LogP contribution in [0.2, 0.25) is 0 Å². The van der Waals surface area contributed by atoms with Crippen LogP contribution >= 0.6 is 11.3 Å². The molecule has 5 rings (SSSR count). The van der Waals surface area contributed by atoms with E-state index >= 15 is 0 Å². The van der Waals surface area contributed by atoms with Crippen molar-refractivity contribution in [2.24, 2.45) is 0 Å². The number of halogens is 1. The molecule has 1 atom stereocenters. The summed E-state index contributed by atoms with van der Waals surface area (Å²) in [6, 6.07) is 14.5. The predicted octanol–water partition coefficient (Wildman–Crippen LogP) is 5.82. The molecule has 0 bridgehead atoms. The lowest BCUT2D eigenvalue weighted by Crippen LogP contribution is -2.23. The highest BCUT2D eigenvalue weighted by atomic mass is 32.1. The minimum absolute atomic E-state index is 0.0197. The molecule has 0 saturated carbocycles. The number of carbonyl (C=O) groups is 1. The lowest BCUT2D eigenvalue weighted by Gasteiger charge is -2.27. The molecule has 2 heterocycles. The predicted molar refractivity (Wildman–Crippen MR) is 113 cm³/mol. The second-order valence-corrected chi connectivity index (χ2v) is 8.78. The third kappa shape index (κ3) is 3.44. The Morgan fingerprint density at radius 3 is 2.76 bits per heavy atom. The molecule has 1 N–H and O–H groups in total. The SMILES string of the molecule is O=C1C[C@H](c2ccccc2OCc2ccccc2F)c2c(sc3c2CCCC3)N1. The third-order valence-electron chi connectivity index (χ3n) is 5.84. The number of aryl methyl sites for hydroxylation is 1. The number of carbonyl (C=O) groups excluding carboxylic acids is 1. The number of ether oxygens (including phenoxy) is 1. The normalized spacial score (nSPS) is 18.0. The molecule has 1 amide bonds. The van der Waals surface area contributed by atoms with Gasteiger partial charge in [-0.05, 0) is 48.9 Å². The van der Waals surface area contributed by atoms with Crippen LogP contribution in [0.3, 0.4) is 0 Å². The van der Waals surface area contributed by atoms with Crippen LogP contribution < -0.4 is 10.1 Å². The van der Waals surface area contributed by atoms with Crippen LogP contribution in [0.1, 0.15) is 52.3 Å². The van der Waals surface area contributed by atoms with Crippen molar-refractivity contribution in [2.45, 2.75) is 44.6 Å². The lowest BCUT2D eigenvalue weighted by atomic mass is 9.81. The highest BCUT2D eigenvalue weighted by Gasteiger charge is 2.34. The molecule has 0 fully saturated rings. The van der Waals surface area contributed by atoms with Crippen LogP contribution in [0.5, 0.6) is 5.75 Å². The van der Waals surface area contributed by atoms with E-state index in [-0.39, 0.29) is 24.2 Å². The second kappa shape index (κ2) is 7.64. The van der Waals surface area contributed by atoms with Crippen LogP contribution in [-0.2, 0) is 24.2 Å². The molecule has 0 unspecified atom stereocenters. The molecule has 5 heteroatoms. The molecule has 0 radical (unpaired) electrons. The van der Waals surface area contributed by atoms with Gasteiger partial charge in [0.25, 0.3) is 0 Å². The molecule has 148 valence electrons. The minimum atomic E-state index is -0.267. The van der Waals surface area contributed by atoms with E-state index < -0.39 is 0 Å². The number of rotatable bonds is 4. The van der Waals surface area contributed by atoms with Gasteiger partial charge in [0.05, 0.1) is 5.00 Å². The maximum Gasteiger partial charge on any atom is 0.225 e. The number of nitrogens with one attached hydrogen (secondary N) is 1. The first-order chi connectivity index (χ1) is 14.2. The summed E-state index contributed by atoms with van der Waals surface area (Å²) >= 11 is 1.74. The summed E-state index contributed by atoms with van der Waals surface area (Å²) < 4.78 is 20.1. The first-order valence-corrected chi connectivity index (χ1v) is 10.9. The molecule has 1 aromatic heterocycles. The number of anilines is 1. The second-order valence-electron chi connectivity index (χ2n) is 7.68. The summed E-state index contributed by atoms with van der Waals surface area (Å²) in [6.07, 6.45) is 5.00. The fourth-order valence-corrected chi connectivity index (χ4v) is 5.82. The average molecular weight is 408 g/mol. The van der Waals surface area contributed by atoms with Gasteiger partial charge in [0.1, 0.15) is 18.2 Å². The van der Waals surface area contributed by atoms with Crippen molar-refractivity contribution in [3.8, 4) is 5.75 Å². The van der Waals surface area contributed by atoms with Gasteiger partial charge < -0.3 is 10.1 Å². The molecule has 3 aromatic rings. The monoisotopic (exact) mass is 407 g/mol. The molecule has 2 aliphatic rings. The lowest BCUT2D eigenvalue weighted by molar-refractivity contribution is -0.116. The van der Waals surface area contributed by atoms with E-state index in [1.807, 2.05) is 30.3 Å². The maximum absolute atomic E-state index is 14.0. The summed E-state index contributed by atoms with van der Waals surface area (Å²) in [7, 11) is 0. The van der Waals surface area contributed by atoms with Crippen molar-refractivity contribution in [2.75, 3.05) is 5.32 Å². The van der Waals surface area contributed by atoms with Gasteiger partial charge in [0.2, 0.25) is 5.91 Å². The molecule has 3 nitrogen and oxygen atoms in total. The van der Waals surface area contributed by atoms with Gasteiger partial charge in [-0.15, -0.1) is 11.3 Å². The summed E-state index contributed by atoms with van der Waals surface area (Å²) in [4.78, 5) is 13.9. The first kappa shape index (κ1) is 18.4. The van der Waals surface area contributed by atoms with Gasteiger partial charge in [-0.1, -0.05) is 36.4 Å². The van der Waals surface area contributed by atoms with E-state index in [0.29, 0.717) is 12.0 Å². The number of hydrogen-bond donors (Lipinski definition) is 1. The van der Waals surface area contributed by atoms with Gasteiger partial charge in [0.15, 0.2) is 0 Å². The number of hydrogen-bond acceptors (Lipinski definition) is 3. The highest BCUT2D eigenvalue weighted by Crippen LogP contribution is 2.49. The van der Waals surface area contributed by atoms with E-state index in [1.54, 1.807) is 23.5 Å². The molecule has 0 spiro atoms. The zero-order valence-electron chi connectivity index (χ0n) is 16.0. The third-order valence-corrected chi connectivity index (χ3v) is 7.06. The summed E-state index contributed by atoms with van der Waals surface area (Å²) in [5.41, 5.74) is 4.22. The molecule has 29 heavy (non-hydrogen) atoms. The fraction of sp³-hybridized carbons (Fsp3) is 0.292. The number of para-hydroxylation sites is 1. The Bertz CT molecular complexity index is 1070. The van der Waals surface area contributed by atoms with Crippen LogP contribution in [0.4, 0.5) is 9.39 Å². The van der Waals surface area contributed by atoms with Crippen molar-refractivity contribution in [1.82, 2.24) is 0 Å².